The van der Waals surface area contributed by atoms with E-state index in [1.165, 1.54) is 0 Å². The van der Waals surface area contributed by atoms with Crippen molar-refractivity contribution < 1.29 is 10.2 Å². The van der Waals surface area contributed by atoms with Crippen molar-refractivity contribution >= 4 is 21.4 Å². The van der Waals surface area contributed by atoms with Crippen LogP contribution in [0.25, 0.3) is 10.1 Å². The van der Waals surface area contributed by atoms with Gasteiger partial charge in [0.05, 0.1) is 5.60 Å². The number of benzene rings is 1. The zero-order chi connectivity index (χ0) is 10.3. The Labute approximate surface area is 86.4 Å². The molecule has 0 amide bonds. The van der Waals surface area contributed by atoms with Gasteiger partial charge in [0.1, 0.15) is 5.75 Å². The van der Waals surface area contributed by atoms with Crippen molar-refractivity contribution in [2.45, 2.75) is 19.4 Å². The topological polar surface area (TPSA) is 40.5 Å². The first-order chi connectivity index (χ1) is 6.47. The highest BCUT2D eigenvalue weighted by Gasteiger charge is 2.18. The molecule has 0 spiro atoms. The van der Waals surface area contributed by atoms with Gasteiger partial charge >= 0.3 is 0 Å². The highest BCUT2D eigenvalue weighted by Crippen LogP contribution is 2.34. The second kappa shape index (κ2) is 2.97. The molecule has 1 aromatic heterocycles. The lowest BCUT2D eigenvalue weighted by Crippen LogP contribution is -2.12. The molecule has 14 heavy (non-hydrogen) atoms. The number of rotatable bonds is 1. The molecule has 2 nitrogen and oxygen atoms in total. The minimum atomic E-state index is -0.806. The highest BCUT2D eigenvalue weighted by molar-refractivity contribution is 7.19. The van der Waals surface area contributed by atoms with Crippen LogP contribution in [0.1, 0.15) is 18.7 Å². The number of fused-ring (bicyclic) bond motifs is 1. The van der Waals surface area contributed by atoms with Crippen LogP contribution in [0.3, 0.4) is 0 Å². The van der Waals surface area contributed by atoms with Gasteiger partial charge in [-0.1, -0.05) is 0 Å². The molecular weight excluding hydrogens is 196 g/mol. The van der Waals surface area contributed by atoms with E-state index in [2.05, 4.69) is 0 Å². The Kier molecular flexibility index (Phi) is 2.01. The van der Waals surface area contributed by atoms with Crippen LogP contribution in [0.2, 0.25) is 0 Å². The molecule has 1 heterocycles. The summed E-state index contributed by atoms with van der Waals surface area (Å²) in [6.07, 6.45) is 0. The normalized spacial score (nSPS) is 12.2. The lowest BCUT2D eigenvalue weighted by Gasteiger charge is -2.13. The molecule has 0 bridgehead atoms. The molecule has 0 saturated carbocycles. The van der Waals surface area contributed by atoms with Crippen LogP contribution < -0.4 is 0 Å². The molecule has 2 N–H and O–H groups in total. The van der Waals surface area contributed by atoms with Crippen molar-refractivity contribution in [1.82, 2.24) is 0 Å². The molecule has 1 aromatic carbocycles. The van der Waals surface area contributed by atoms with Gasteiger partial charge in [0, 0.05) is 9.58 Å². The van der Waals surface area contributed by atoms with Crippen molar-refractivity contribution in [1.29, 1.82) is 0 Å². The third-order valence-electron chi connectivity index (χ3n) is 2.10. The monoisotopic (exact) mass is 208 g/mol. The number of aromatic hydroxyl groups is 1. The minimum Gasteiger partial charge on any atom is -0.508 e. The lowest BCUT2D eigenvalue weighted by atomic mass is 10.1. The third-order valence-corrected chi connectivity index (χ3v) is 3.53. The van der Waals surface area contributed by atoms with Crippen LogP contribution in [-0.2, 0) is 5.60 Å². The van der Waals surface area contributed by atoms with Crippen molar-refractivity contribution in [3.05, 3.63) is 29.1 Å². The maximum absolute atomic E-state index is 9.81. The maximum Gasteiger partial charge on any atom is 0.116 e. The van der Waals surface area contributed by atoms with Gasteiger partial charge < -0.3 is 10.2 Å². The summed E-state index contributed by atoms with van der Waals surface area (Å²) in [6, 6.07) is 7.15. The predicted molar refractivity (Wildman–Crippen MR) is 58.7 cm³/mol. The Morgan fingerprint density at radius 1 is 1.21 bits per heavy atom. The van der Waals surface area contributed by atoms with E-state index in [1.54, 1.807) is 37.3 Å². The maximum atomic E-state index is 9.81. The van der Waals surface area contributed by atoms with E-state index in [0.717, 1.165) is 15.0 Å². The minimum absolute atomic E-state index is 0.262. The van der Waals surface area contributed by atoms with Gasteiger partial charge in [-0.2, -0.15) is 0 Å². The SMILES string of the molecule is CC(C)(O)c1cc2cc(O)ccc2s1. The van der Waals surface area contributed by atoms with Gasteiger partial charge in [-0.05, 0) is 43.5 Å². The van der Waals surface area contributed by atoms with Crippen LogP contribution in [0, 0.1) is 0 Å². The zero-order valence-electron chi connectivity index (χ0n) is 8.11. The van der Waals surface area contributed by atoms with Crippen LogP contribution >= 0.6 is 11.3 Å². The van der Waals surface area contributed by atoms with E-state index in [4.69, 9.17) is 0 Å². The van der Waals surface area contributed by atoms with Gasteiger partial charge in [-0.3, -0.25) is 0 Å². The van der Waals surface area contributed by atoms with Crippen molar-refractivity contribution in [2.75, 3.05) is 0 Å². The van der Waals surface area contributed by atoms with E-state index in [9.17, 15) is 10.2 Å². The van der Waals surface area contributed by atoms with E-state index >= 15 is 0 Å². The first-order valence-electron chi connectivity index (χ1n) is 4.42. The second-order valence-corrected chi connectivity index (χ2v) is 4.98. The summed E-state index contributed by atoms with van der Waals surface area (Å²) in [6.45, 7) is 3.52. The standard InChI is InChI=1S/C11H12O2S/c1-11(2,13)10-6-7-5-8(12)3-4-9(7)14-10/h3-6,12-13H,1-2H3. The van der Waals surface area contributed by atoms with Gasteiger partial charge in [0.2, 0.25) is 0 Å². The summed E-state index contributed by atoms with van der Waals surface area (Å²) in [5.41, 5.74) is -0.806. The second-order valence-electron chi connectivity index (χ2n) is 3.89. The fraction of sp³-hybridized carbons (Fsp3) is 0.273. The number of hydrogen-bond acceptors (Lipinski definition) is 3. The highest BCUT2D eigenvalue weighted by atomic mass is 32.1. The molecule has 0 aliphatic rings. The molecule has 0 saturated heterocycles. The summed E-state index contributed by atoms with van der Waals surface area (Å²) >= 11 is 1.55. The summed E-state index contributed by atoms with van der Waals surface area (Å²) in [5, 5.41) is 20.1. The molecule has 0 aliphatic heterocycles. The number of thiophene rings is 1. The summed E-state index contributed by atoms with van der Waals surface area (Å²) < 4.78 is 1.08. The first-order valence-corrected chi connectivity index (χ1v) is 5.24. The van der Waals surface area contributed by atoms with Gasteiger partial charge in [-0.15, -0.1) is 11.3 Å². The molecule has 2 aromatic rings. The number of phenols is 1. The number of hydrogen-bond donors (Lipinski definition) is 2. The van der Waals surface area contributed by atoms with Crippen LogP contribution in [0.15, 0.2) is 24.3 Å². The molecular formula is C11H12O2S. The molecule has 3 heteroatoms. The first kappa shape index (κ1) is 9.49. The van der Waals surface area contributed by atoms with Crippen molar-refractivity contribution in [2.24, 2.45) is 0 Å². The average molecular weight is 208 g/mol. The van der Waals surface area contributed by atoms with Gasteiger partial charge in [0.15, 0.2) is 0 Å². The molecule has 2 rings (SSSR count). The molecule has 0 fully saturated rings. The van der Waals surface area contributed by atoms with E-state index in [0.29, 0.717) is 0 Å². The molecule has 0 unspecified atom stereocenters. The largest absolute Gasteiger partial charge is 0.508 e. The molecule has 0 atom stereocenters. The van der Waals surface area contributed by atoms with Crippen molar-refractivity contribution in [3.63, 3.8) is 0 Å². The van der Waals surface area contributed by atoms with Crippen LogP contribution in [-0.4, -0.2) is 10.2 Å². The summed E-state index contributed by atoms with van der Waals surface area (Å²) in [7, 11) is 0. The molecule has 0 aliphatic carbocycles. The molecule has 74 valence electrons. The fourth-order valence-corrected chi connectivity index (χ4v) is 2.38. The Hall–Kier alpha value is -1.06. The lowest BCUT2D eigenvalue weighted by molar-refractivity contribution is 0.0826. The third kappa shape index (κ3) is 1.61. The Morgan fingerprint density at radius 2 is 1.93 bits per heavy atom. The Bertz CT molecular complexity index is 466. The fourth-order valence-electron chi connectivity index (χ4n) is 1.33. The van der Waals surface area contributed by atoms with Crippen LogP contribution in [0.5, 0.6) is 5.75 Å². The van der Waals surface area contributed by atoms with E-state index in [1.807, 2.05) is 12.1 Å². The average Bonchev–Trinajstić information content (AvgIpc) is 2.45. The Morgan fingerprint density at radius 3 is 2.57 bits per heavy atom. The smallest absolute Gasteiger partial charge is 0.116 e. The number of phenolic OH excluding ortho intramolecular Hbond substituents is 1. The van der Waals surface area contributed by atoms with E-state index < -0.39 is 5.60 Å². The summed E-state index contributed by atoms with van der Waals surface area (Å²) in [5.74, 6) is 0.262. The zero-order valence-corrected chi connectivity index (χ0v) is 8.93. The van der Waals surface area contributed by atoms with Crippen molar-refractivity contribution in [3.8, 4) is 5.75 Å². The Balaban J connectivity index is 2.63. The molecule has 0 radical (unpaired) electrons. The quantitative estimate of drug-likeness (QED) is 0.756. The number of aliphatic hydroxyl groups is 1. The van der Waals surface area contributed by atoms with Gasteiger partial charge in [-0.25, -0.2) is 0 Å². The van der Waals surface area contributed by atoms with E-state index in [-0.39, 0.29) is 5.75 Å². The predicted octanol–water partition coefficient (Wildman–Crippen LogP) is 2.83. The summed E-state index contributed by atoms with van der Waals surface area (Å²) in [4.78, 5) is 0.915. The van der Waals surface area contributed by atoms with Gasteiger partial charge in [0.25, 0.3) is 0 Å². The van der Waals surface area contributed by atoms with Crippen LogP contribution in [0.4, 0.5) is 0 Å².